The van der Waals surface area contributed by atoms with E-state index in [0.717, 1.165) is 22.6 Å². The van der Waals surface area contributed by atoms with E-state index in [1.54, 1.807) is 24.3 Å². The lowest BCUT2D eigenvalue weighted by Crippen LogP contribution is -2.12. The van der Waals surface area contributed by atoms with Crippen molar-refractivity contribution >= 4 is 34.7 Å². The van der Waals surface area contributed by atoms with E-state index >= 15 is 0 Å². The van der Waals surface area contributed by atoms with Gasteiger partial charge in [-0.2, -0.15) is 0 Å². The minimum absolute atomic E-state index is 0.114. The molecule has 136 valence electrons. The fraction of sp³-hybridized carbons (Fsp3) is 0.0952. The topological polar surface area (TPSA) is 83.1 Å². The minimum atomic E-state index is -0.209. The maximum atomic E-state index is 12.3. The number of carbonyl (C=O) groups is 2. The van der Waals surface area contributed by atoms with E-state index in [0.29, 0.717) is 11.4 Å². The van der Waals surface area contributed by atoms with Gasteiger partial charge in [-0.15, -0.1) is 0 Å². The Morgan fingerprint density at radius 2 is 1.59 bits per heavy atom. The summed E-state index contributed by atoms with van der Waals surface area (Å²) in [4.78, 5) is 27.6. The zero-order valence-corrected chi connectivity index (χ0v) is 15.1. The van der Waals surface area contributed by atoms with Gasteiger partial charge in [0, 0.05) is 30.2 Å². The number of amides is 2. The van der Waals surface area contributed by atoms with E-state index in [4.69, 9.17) is 0 Å². The van der Waals surface area contributed by atoms with Crippen molar-refractivity contribution < 1.29 is 9.59 Å². The summed E-state index contributed by atoms with van der Waals surface area (Å²) >= 11 is 0. The number of hydrogen-bond donors (Lipinski definition) is 3. The summed E-state index contributed by atoms with van der Waals surface area (Å²) in [5.74, 6) is 0.297. The van der Waals surface area contributed by atoms with E-state index in [-0.39, 0.29) is 11.8 Å². The fourth-order valence-corrected chi connectivity index (χ4v) is 2.52. The summed E-state index contributed by atoms with van der Waals surface area (Å²) in [6.45, 7) is 3.44. The first-order valence-corrected chi connectivity index (χ1v) is 8.48. The molecule has 0 radical (unpaired) electrons. The summed E-state index contributed by atoms with van der Waals surface area (Å²) in [6, 6.07) is 18.4. The summed E-state index contributed by atoms with van der Waals surface area (Å²) in [7, 11) is 0. The highest BCUT2D eigenvalue weighted by Gasteiger charge is 2.07. The average Bonchev–Trinajstić information content (AvgIpc) is 2.63. The van der Waals surface area contributed by atoms with Crippen molar-refractivity contribution in [1.29, 1.82) is 0 Å². The number of nitrogens with one attached hydrogen (secondary N) is 3. The molecular formula is C21H20N4O2. The first kappa shape index (κ1) is 18.1. The molecule has 0 atom stereocenters. The van der Waals surface area contributed by atoms with Gasteiger partial charge in [-0.25, -0.2) is 4.98 Å². The highest BCUT2D eigenvalue weighted by Crippen LogP contribution is 2.18. The summed E-state index contributed by atoms with van der Waals surface area (Å²) in [6.07, 6.45) is 1.53. The Kier molecular flexibility index (Phi) is 5.47. The molecule has 0 saturated heterocycles. The number of hydrogen-bond acceptors (Lipinski definition) is 4. The smallest absolute Gasteiger partial charge is 0.257 e. The van der Waals surface area contributed by atoms with Crippen molar-refractivity contribution in [3.8, 4) is 0 Å². The quantitative estimate of drug-likeness (QED) is 0.632. The van der Waals surface area contributed by atoms with E-state index in [2.05, 4.69) is 20.9 Å². The van der Waals surface area contributed by atoms with Crippen molar-refractivity contribution in [2.24, 2.45) is 0 Å². The Morgan fingerprint density at radius 3 is 2.22 bits per heavy atom. The van der Waals surface area contributed by atoms with Crippen LogP contribution in [0.2, 0.25) is 0 Å². The number of pyridine rings is 1. The molecule has 0 unspecified atom stereocenters. The molecule has 3 N–H and O–H groups in total. The van der Waals surface area contributed by atoms with Crippen molar-refractivity contribution in [2.75, 3.05) is 16.0 Å². The summed E-state index contributed by atoms with van der Waals surface area (Å²) in [5, 5.41) is 8.72. The lowest BCUT2D eigenvalue weighted by Gasteiger charge is -2.09. The Balaban J connectivity index is 1.62. The second-order valence-electron chi connectivity index (χ2n) is 6.14. The van der Waals surface area contributed by atoms with Crippen LogP contribution in [0.1, 0.15) is 22.8 Å². The van der Waals surface area contributed by atoms with Gasteiger partial charge in [-0.1, -0.05) is 12.1 Å². The number of aryl methyl sites for hydroxylation is 1. The molecule has 6 nitrogen and oxygen atoms in total. The predicted molar refractivity (Wildman–Crippen MR) is 107 cm³/mol. The molecule has 0 saturated carbocycles. The van der Waals surface area contributed by atoms with Crippen LogP contribution in [0.25, 0.3) is 0 Å². The van der Waals surface area contributed by atoms with Crippen LogP contribution in [0.3, 0.4) is 0 Å². The molecule has 1 heterocycles. The zero-order valence-electron chi connectivity index (χ0n) is 15.1. The maximum absolute atomic E-state index is 12.3. The zero-order chi connectivity index (χ0) is 19.2. The van der Waals surface area contributed by atoms with Crippen molar-refractivity contribution in [2.45, 2.75) is 13.8 Å². The highest BCUT2D eigenvalue weighted by molar-refractivity contribution is 6.04. The van der Waals surface area contributed by atoms with Crippen LogP contribution >= 0.6 is 0 Å². The van der Waals surface area contributed by atoms with Crippen LogP contribution in [0.5, 0.6) is 0 Å². The summed E-state index contributed by atoms with van der Waals surface area (Å²) in [5.41, 5.74) is 3.86. The molecule has 3 aromatic rings. The number of benzene rings is 2. The molecule has 0 bridgehead atoms. The standard InChI is InChI=1S/C21H20N4O2/c1-14-4-3-5-19(12-14)25-21(27)16-6-11-20(22-13-16)24-18-9-7-17(8-10-18)23-15(2)26/h3-13H,1-2H3,(H,22,24)(H,23,26)(H,25,27). The number of rotatable bonds is 5. The van der Waals surface area contributed by atoms with Gasteiger partial charge in [0.15, 0.2) is 0 Å². The normalized spacial score (nSPS) is 10.1. The molecule has 0 aliphatic rings. The maximum Gasteiger partial charge on any atom is 0.257 e. The Morgan fingerprint density at radius 1 is 0.852 bits per heavy atom. The van der Waals surface area contributed by atoms with E-state index in [1.165, 1.54) is 13.1 Å². The molecule has 0 aliphatic heterocycles. The van der Waals surface area contributed by atoms with E-state index < -0.39 is 0 Å². The molecule has 3 rings (SSSR count). The van der Waals surface area contributed by atoms with Crippen LogP contribution in [0.4, 0.5) is 22.9 Å². The molecular weight excluding hydrogens is 340 g/mol. The Labute approximate surface area is 157 Å². The highest BCUT2D eigenvalue weighted by atomic mass is 16.2. The van der Waals surface area contributed by atoms with Crippen molar-refractivity contribution in [3.63, 3.8) is 0 Å². The second-order valence-corrected chi connectivity index (χ2v) is 6.14. The number of anilines is 4. The van der Waals surface area contributed by atoms with E-state index in [9.17, 15) is 9.59 Å². The molecule has 0 aliphatic carbocycles. The van der Waals surface area contributed by atoms with Crippen molar-refractivity contribution in [1.82, 2.24) is 4.98 Å². The molecule has 0 fully saturated rings. The molecule has 6 heteroatoms. The third-order valence-electron chi connectivity index (χ3n) is 3.78. The van der Waals surface area contributed by atoms with E-state index in [1.807, 2.05) is 43.3 Å². The van der Waals surface area contributed by atoms with Crippen LogP contribution < -0.4 is 16.0 Å². The lowest BCUT2D eigenvalue weighted by atomic mass is 10.2. The molecule has 2 amide bonds. The van der Waals surface area contributed by atoms with Gasteiger partial charge >= 0.3 is 0 Å². The Bertz CT molecular complexity index is 951. The van der Waals surface area contributed by atoms with Gasteiger partial charge in [0.2, 0.25) is 5.91 Å². The van der Waals surface area contributed by atoms with Gasteiger partial charge < -0.3 is 16.0 Å². The Hall–Kier alpha value is -3.67. The monoisotopic (exact) mass is 360 g/mol. The largest absolute Gasteiger partial charge is 0.340 e. The lowest BCUT2D eigenvalue weighted by molar-refractivity contribution is -0.114. The van der Waals surface area contributed by atoms with Crippen LogP contribution in [-0.4, -0.2) is 16.8 Å². The fourth-order valence-electron chi connectivity index (χ4n) is 2.52. The third-order valence-corrected chi connectivity index (χ3v) is 3.78. The number of aromatic nitrogens is 1. The van der Waals surface area contributed by atoms with Gasteiger partial charge in [0.25, 0.3) is 5.91 Å². The summed E-state index contributed by atoms with van der Waals surface area (Å²) < 4.78 is 0. The van der Waals surface area contributed by atoms with Crippen LogP contribution in [-0.2, 0) is 4.79 Å². The predicted octanol–water partition coefficient (Wildman–Crippen LogP) is 4.34. The van der Waals surface area contributed by atoms with Gasteiger partial charge in [0.1, 0.15) is 5.82 Å². The molecule has 1 aromatic heterocycles. The number of nitrogens with zero attached hydrogens (tertiary/aromatic N) is 1. The van der Waals surface area contributed by atoms with Crippen LogP contribution in [0, 0.1) is 6.92 Å². The first-order chi connectivity index (χ1) is 13.0. The van der Waals surface area contributed by atoms with Gasteiger partial charge in [-0.05, 0) is 61.0 Å². The van der Waals surface area contributed by atoms with Gasteiger partial charge in [-0.3, -0.25) is 9.59 Å². The van der Waals surface area contributed by atoms with Gasteiger partial charge in [0.05, 0.1) is 5.56 Å². The third kappa shape index (κ3) is 5.15. The first-order valence-electron chi connectivity index (χ1n) is 8.48. The SMILES string of the molecule is CC(=O)Nc1ccc(Nc2ccc(C(=O)Nc3cccc(C)c3)cn2)cc1. The van der Waals surface area contributed by atoms with Crippen molar-refractivity contribution in [3.05, 3.63) is 78.0 Å². The molecule has 0 spiro atoms. The molecule has 2 aromatic carbocycles. The molecule has 27 heavy (non-hydrogen) atoms. The van der Waals surface area contributed by atoms with Crippen LogP contribution in [0.15, 0.2) is 66.9 Å². The number of carbonyl (C=O) groups excluding carboxylic acids is 2. The minimum Gasteiger partial charge on any atom is -0.340 e. The average molecular weight is 360 g/mol. The second kappa shape index (κ2) is 8.14.